The molecule has 4 aromatic rings. The van der Waals surface area contributed by atoms with E-state index < -0.39 is 12.1 Å². The minimum absolute atomic E-state index is 0.126. The van der Waals surface area contributed by atoms with Gasteiger partial charge in [0.15, 0.2) is 0 Å². The Morgan fingerprint density at radius 2 is 1.41 bits per heavy atom. The van der Waals surface area contributed by atoms with Crippen LogP contribution in [-0.2, 0) is 6.18 Å². The van der Waals surface area contributed by atoms with Crippen LogP contribution in [0.5, 0.6) is 11.5 Å². The van der Waals surface area contributed by atoms with E-state index in [9.17, 15) is 13.2 Å². The molecule has 34 heavy (non-hydrogen) atoms. The van der Waals surface area contributed by atoms with E-state index in [2.05, 4.69) is 24.8 Å². The van der Waals surface area contributed by atoms with Crippen LogP contribution in [-0.4, -0.2) is 33.5 Å². The fraction of sp³-hybridized carbons (Fsp3) is 0.304. The molecule has 0 bridgehead atoms. The first-order valence-electron chi connectivity index (χ1n) is 10.4. The second-order valence-electron chi connectivity index (χ2n) is 7.57. The van der Waals surface area contributed by atoms with Gasteiger partial charge in [0.1, 0.15) is 11.5 Å². The van der Waals surface area contributed by atoms with Crippen LogP contribution in [0.25, 0.3) is 22.8 Å². The number of ether oxygens (including phenoxy) is 2. The van der Waals surface area contributed by atoms with Gasteiger partial charge in [-0.1, -0.05) is 10.3 Å². The van der Waals surface area contributed by atoms with E-state index in [1.165, 1.54) is 0 Å². The Balaban J connectivity index is 1.29. The Bertz CT molecular complexity index is 1240. The summed E-state index contributed by atoms with van der Waals surface area (Å²) in [6.07, 6.45) is -4.05. The highest BCUT2D eigenvalue weighted by molar-refractivity contribution is 5.61. The van der Waals surface area contributed by atoms with Crippen molar-refractivity contribution in [3.63, 3.8) is 0 Å². The Morgan fingerprint density at radius 1 is 0.794 bits per heavy atom. The molecule has 0 saturated heterocycles. The second-order valence-corrected chi connectivity index (χ2v) is 7.57. The van der Waals surface area contributed by atoms with Crippen molar-refractivity contribution in [3.05, 3.63) is 59.3 Å². The number of aryl methyl sites for hydroxylation is 3. The highest BCUT2D eigenvalue weighted by atomic mass is 19.4. The summed E-state index contributed by atoms with van der Waals surface area (Å²) in [5.74, 6) is 0.883. The van der Waals surface area contributed by atoms with Crippen molar-refractivity contribution in [2.24, 2.45) is 0 Å². The highest BCUT2D eigenvalue weighted by Gasteiger charge is 2.38. The summed E-state index contributed by atoms with van der Waals surface area (Å²) in [7, 11) is 0. The topological polar surface area (TPSA) is 96.3 Å². The first-order chi connectivity index (χ1) is 16.2. The average Bonchev–Trinajstić information content (AvgIpc) is 3.45. The van der Waals surface area contributed by atoms with E-state index in [0.29, 0.717) is 48.4 Å². The maximum absolute atomic E-state index is 12.7. The highest BCUT2D eigenvalue weighted by Crippen LogP contribution is 2.32. The van der Waals surface area contributed by atoms with Crippen LogP contribution < -0.4 is 9.47 Å². The molecule has 4 rings (SSSR count). The number of aromatic nitrogens is 4. The molecule has 2 aromatic heterocycles. The van der Waals surface area contributed by atoms with Crippen molar-refractivity contribution in [2.45, 2.75) is 33.4 Å². The normalized spacial score (nSPS) is 11.6. The number of rotatable bonds is 8. The summed E-state index contributed by atoms with van der Waals surface area (Å²) in [5.41, 5.74) is 2.75. The van der Waals surface area contributed by atoms with Gasteiger partial charge in [-0.15, -0.1) is 0 Å². The standard InChI is InChI=1S/C23H21F3N4O4/c1-13-11-17(21-28-22(34-30-21)23(24,25)26)12-14(2)19(13)32-10-4-9-31-18-7-5-16(6-8-18)20-27-15(3)33-29-20/h5-8,11-12H,4,9-10H2,1-3H3. The monoisotopic (exact) mass is 474 g/mol. The summed E-state index contributed by atoms with van der Waals surface area (Å²) >= 11 is 0. The lowest BCUT2D eigenvalue weighted by Gasteiger charge is -2.13. The van der Waals surface area contributed by atoms with Gasteiger partial charge in [-0.05, 0) is 61.4 Å². The number of halogens is 3. The van der Waals surface area contributed by atoms with Gasteiger partial charge in [0.25, 0.3) is 0 Å². The van der Waals surface area contributed by atoms with E-state index in [1.54, 1.807) is 32.9 Å². The van der Waals surface area contributed by atoms with Gasteiger partial charge in [-0.2, -0.15) is 23.1 Å². The van der Waals surface area contributed by atoms with Gasteiger partial charge >= 0.3 is 12.1 Å². The summed E-state index contributed by atoms with van der Waals surface area (Å²) in [4.78, 5) is 7.61. The maximum atomic E-state index is 12.7. The Kier molecular flexibility index (Phi) is 6.53. The number of benzene rings is 2. The second kappa shape index (κ2) is 9.54. The molecule has 0 N–H and O–H groups in total. The molecule has 0 spiro atoms. The summed E-state index contributed by atoms with van der Waals surface area (Å²) in [6, 6.07) is 10.7. The molecular formula is C23H21F3N4O4. The molecule has 0 atom stereocenters. The smallest absolute Gasteiger partial charge is 0.471 e. The molecule has 0 radical (unpaired) electrons. The van der Waals surface area contributed by atoms with Gasteiger partial charge in [0.2, 0.25) is 17.5 Å². The van der Waals surface area contributed by atoms with Crippen LogP contribution in [0.3, 0.4) is 0 Å². The molecule has 0 saturated carbocycles. The quantitative estimate of drug-likeness (QED) is 0.306. The predicted molar refractivity (Wildman–Crippen MR) is 114 cm³/mol. The van der Waals surface area contributed by atoms with Crippen LogP contribution >= 0.6 is 0 Å². The molecule has 0 amide bonds. The summed E-state index contributed by atoms with van der Waals surface area (Å²) in [5, 5.41) is 7.31. The molecule has 2 heterocycles. The predicted octanol–water partition coefficient (Wildman–Crippen LogP) is 5.58. The van der Waals surface area contributed by atoms with Gasteiger partial charge in [-0.25, -0.2) is 0 Å². The molecule has 0 unspecified atom stereocenters. The molecule has 0 aliphatic heterocycles. The lowest BCUT2D eigenvalue weighted by molar-refractivity contribution is -0.159. The van der Waals surface area contributed by atoms with Crippen molar-refractivity contribution in [2.75, 3.05) is 13.2 Å². The minimum atomic E-state index is -4.68. The van der Waals surface area contributed by atoms with Crippen LogP contribution in [0.4, 0.5) is 13.2 Å². The Morgan fingerprint density at radius 3 is 2.00 bits per heavy atom. The molecule has 0 aliphatic carbocycles. The fourth-order valence-corrected chi connectivity index (χ4v) is 3.30. The summed E-state index contributed by atoms with van der Waals surface area (Å²) < 4.78 is 59.0. The van der Waals surface area contributed by atoms with E-state index in [-0.39, 0.29) is 5.82 Å². The molecule has 8 nitrogen and oxygen atoms in total. The van der Waals surface area contributed by atoms with Crippen LogP contribution in [0.2, 0.25) is 0 Å². The third kappa shape index (κ3) is 5.36. The summed E-state index contributed by atoms with van der Waals surface area (Å²) in [6.45, 7) is 6.19. The molecule has 0 fully saturated rings. The lowest BCUT2D eigenvalue weighted by Crippen LogP contribution is -2.07. The number of hydrogen-bond acceptors (Lipinski definition) is 8. The zero-order valence-electron chi connectivity index (χ0n) is 18.6. The van der Waals surface area contributed by atoms with Crippen LogP contribution in [0, 0.1) is 20.8 Å². The van der Waals surface area contributed by atoms with Crippen LogP contribution in [0.1, 0.15) is 29.3 Å². The largest absolute Gasteiger partial charge is 0.493 e. The number of alkyl halides is 3. The van der Waals surface area contributed by atoms with Crippen molar-refractivity contribution in [1.82, 2.24) is 20.3 Å². The number of nitrogens with zero attached hydrogens (tertiary/aromatic N) is 4. The van der Waals surface area contributed by atoms with Crippen molar-refractivity contribution in [3.8, 4) is 34.3 Å². The molecule has 0 aliphatic rings. The average molecular weight is 474 g/mol. The van der Waals surface area contributed by atoms with Gasteiger partial charge < -0.3 is 18.5 Å². The van der Waals surface area contributed by atoms with E-state index >= 15 is 0 Å². The fourth-order valence-electron chi connectivity index (χ4n) is 3.30. The van der Waals surface area contributed by atoms with Gasteiger partial charge in [-0.3, -0.25) is 0 Å². The molecule has 178 valence electrons. The third-order valence-electron chi connectivity index (χ3n) is 4.83. The zero-order valence-corrected chi connectivity index (χ0v) is 18.6. The lowest BCUT2D eigenvalue weighted by atomic mass is 10.1. The van der Waals surface area contributed by atoms with Gasteiger partial charge in [0, 0.05) is 24.5 Å². The van der Waals surface area contributed by atoms with Crippen molar-refractivity contribution < 1.29 is 31.7 Å². The Hall–Kier alpha value is -3.89. The van der Waals surface area contributed by atoms with Gasteiger partial charge in [0.05, 0.1) is 13.2 Å². The maximum Gasteiger partial charge on any atom is 0.471 e. The molecule has 2 aromatic carbocycles. The third-order valence-corrected chi connectivity index (χ3v) is 4.83. The first-order valence-corrected chi connectivity index (χ1v) is 10.4. The molecule has 11 heteroatoms. The Labute approximate surface area is 192 Å². The van der Waals surface area contributed by atoms with Crippen molar-refractivity contribution in [1.29, 1.82) is 0 Å². The minimum Gasteiger partial charge on any atom is -0.493 e. The zero-order chi connectivity index (χ0) is 24.3. The van der Waals surface area contributed by atoms with Crippen molar-refractivity contribution >= 4 is 0 Å². The SMILES string of the molecule is Cc1nc(-c2ccc(OCCCOc3c(C)cc(-c4noc(C(F)(F)F)n4)cc3C)cc2)no1. The van der Waals surface area contributed by atoms with Crippen LogP contribution in [0.15, 0.2) is 45.4 Å². The molecular weight excluding hydrogens is 453 g/mol. The number of hydrogen-bond donors (Lipinski definition) is 0. The van der Waals surface area contributed by atoms with E-state index in [4.69, 9.17) is 14.0 Å². The first kappa shape index (κ1) is 23.3. The van der Waals surface area contributed by atoms with E-state index in [0.717, 1.165) is 16.7 Å². The van der Waals surface area contributed by atoms with E-state index in [1.807, 2.05) is 24.3 Å².